The molecule has 0 radical (unpaired) electrons. The molecule has 2 nitrogen and oxygen atoms in total. The van der Waals surface area contributed by atoms with E-state index in [4.69, 9.17) is 4.74 Å². The first kappa shape index (κ1) is 12.9. The highest BCUT2D eigenvalue weighted by atomic mass is 16.5. The molecule has 0 fully saturated rings. The summed E-state index contributed by atoms with van der Waals surface area (Å²) in [6.07, 6.45) is 4.88. The molecular weight excluding hydrogens is 258 g/mol. The van der Waals surface area contributed by atoms with E-state index >= 15 is 0 Å². The summed E-state index contributed by atoms with van der Waals surface area (Å²) >= 11 is 0. The average Bonchev–Trinajstić information content (AvgIpc) is 3.10. The van der Waals surface area contributed by atoms with E-state index in [0.717, 1.165) is 12.2 Å². The monoisotopic (exact) mass is 279 g/mol. The summed E-state index contributed by atoms with van der Waals surface area (Å²) in [4.78, 5) is 0. The van der Waals surface area contributed by atoms with Gasteiger partial charge in [-0.1, -0.05) is 30.3 Å². The predicted octanol–water partition coefficient (Wildman–Crippen LogP) is 3.44. The highest BCUT2D eigenvalue weighted by Gasteiger charge is 2.32. The van der Waals surface area contributed by atoms with Crippen LogP contribution in [0.15, 0.2) is 42.5 Å². The Kier molecular flexibility index (Phi) is 3.19. The van der Waals surface area contributed by atoms with Gasteiger partial charge in [-0.25, -0.2) is 0 Å². The van der Waals surface area contributed by atoms with Gasteiger partial charge < -0.3 is 10.1 Å². The number of ether oxygens (including phenoxy) is 1. The van der Waals surface area contributed by atoms with Gasteiger partial charge in [-0.2, -0.15) is 0 Å². The summed E-state index contributed by atoms with van der Waals surface area (Å²) in [6.45, 7) is 0. The second-order valence-electron chi connectivity index (χ2n) is 6.11. The van der Waals surface area contributed by atoms with Gasteiger partial charge in [0.1, 0.15) is 11.9 Å². The molecule has 0 bridgehead atoms. The van der Waals surface area contributed by atoms with Gasteiger partial charge in [0.15, 0.2) is 0 Å². The summed E-state index contributed by atoms with van der Waals surface area (Å²) in [5.41, 5.74) is 5.76. The second-order valence-corrected chi connectivity index (χ2v) is 6.11. The minimum Gasteiger partial charge on any atom is -0.488 e. The van der Waals surface area contributed by atoms with E-state index in [1.165, 1.54) is 41.5 Å². The van der Waals surface area contributed by atoms with Crippen molar-refractivity contribution in [2.24, 2.45) is 0 Å². The molecule has 2 aromatic rings. The lowest BCUT2D eigenvalue weighted by Crippen LogP contribution is -2.30. The zero-order chi connectivity index (χ0) is 14.2. The SMILES string of the molecule is CNC1c2ccccc2CC1Oc1ccc2c(c1)CCC2. The lowest BCUT2D eigenvalue weighted by molar-refractivity contribution is 0.171. The molecule has 2 aliphatic rings. The Bertz CT molecular complexity index is 664. The number of likely N-dealkylation sites (N-methyl/N-ethyl adjacent to an activating group) is 1. The Morgan fingerprint density at radius 3 is 2.76 bits per heavy atom. The Morgan fingerprint density at radius 1 is 1.00 bits per heavy atom. The summed E-state index contributed by atoms with van der Waals surface area (Å²) in [7, 11) is 2.02. The quantitative estimate of drug-likeness (QED) is 0.929. The minimum absolute atomic E-state index is 0.187. The summed E-state index contributed by atoms with van der Waals surface area (Å²) < 4.78 is 6.32. The van der Waals surface area contributed by atoms with Gasteiger partial charge in [-0.05, 0) is 60.7 Å². The first-order chi connectivity index (χ1) is 10.3. The van der Waals surface area contributed by atoms with Gasteiger partial charge in [-0.15, -0.1) is 0 Å². The van der Waals surface area contributed by atoms with Crippen molar-refractivity contribution in [3.05, 3.63) is 64.7 Å². The molecule has 4 rings (SSSR count). The fourth-order valence-electron chi connectivity index (χ4n) is 3.81. The maximum atomic E-state index is 6.32. The number of hydrogen-bond donors (Lipinski definition) is 1. The number of fused-ring (bicyclic) bond motifs is 2. The minimum atomic E-state index is 0.187. The van der Waals surface area contributed by atoms with Crippen molar-refractivity contribution in [2.45, 2.75) is 37.8 Å². The van der Waals surface area contributed by atoms with E-state index < -0.39 is 0 Å². The summed E-state index contributed by atoms with van der Waals surface area (Å²) in [5.74, 6) is 1.02. The van der Waals surface area contributed by atoms with Crippen LogP contribution in [0.1, 0.15) is 34.7 Å². The topological polar surface area (TPSA) is 21.3 Å². The molecule has 2 heteroatoms. The van der Waals surface area contributed by atoms with Crippen molar-refractivity contribution in [3.8, 4) is 5.75 Å². The number of aryl methyl sites for hydroxylation is 2. The molecule has 108 valence electrons. The third-order valence-corrected chi connectivity index (χ3v) is 4.85. The maximum absolute atomic E-state index is 6.32. The highest BCUT2D eigenvalue weighted by Crippen LogP contribution is 2.35. The molecule has 2 unspecified atom stereocenters. The molecule has 0 aliphatic heterocycles. The van der Waals surface area contributed by atoms with Crippen LogP contribution in [0.2, 0.25) is 0 Å². The average molecular weight is 279 g/mol. The van der Waals surface area contributed by atoms with E-state index in [1.807, 2.05) is 7.05 Å². The zero-order valence-corrected chi connectivity index (χ0v) is 12.4. The Labute approximate surface area is 126 Å². The van der Waals surface area contributed by atoms with Crippen LogP contribution >= 0.6 is 0 Å². The van der Waals surface area contributed by atoms with E-state index in [0.29, 0.717) is 0 Å². The van der Waals surface area contributed by atoms with Crippen LogP contribution < -0.4 is 10.1 Å². The zero-order valence-electron chi connectivity index (χ0n) is 12.4. The number of rotatable bonds is 3. The Hall–Kier alpha value is -1.80. The van der Waals surface area contributed by atoms with Crippen molar-refractivity contribution in [2.75, 3.05) is 7.05 Å². The van der Waals surface area contributed by atoms with Crippen LogP contribution in [0.3, 0.4) is 0 Å². The largest absolute Gasteiger partial charge is 0.488 e. The van der Waals surface area contributed by atoms with Gasteiger partial charge in [0, 0.05) is 6.42 Å². The smallest absolute Gasteiger partial charge is 0.122 e. The molecule has 2 aliphatic carbocycles. The number of nitrogens with one attached hydrogen (secondary N) is 1. The van der Waals surface area contributed by atoms with Crippen molar-refractivity contribution in [3.63, 3.8) is 0 Å². The summed E-state index contributed by atoms with van der Waals surface area (Å²) in [6, 6.07) is 15.6. The molecule has 2 aromatic carbocycles. The fourth-order valence-corrected chi connectivity index (χ4v) is 3.81. The second kappa shape index (κ2) is 5.19. The van der Waals surface area contributed by atoms with E-state index in [2.05, 4.69) is 47.8 Å². The van der Waals surface area contributed by atoms with Gasteiger partial charge in [0.05, 0.1) is 6.04 Å². The van der Waals surface area contributed by atoms with Gasteiger partial charge in [0.2, 0.25) is 0 Å². The molecule has 0 aromatic heterocycles. The molecule has 1 N–H and O–H groups in total. The maximum Gasteiger partial charge on any atom is 0.122 e. The van der Waals surface area contributed by atoms with Crippen molar-refractivity contribution >= 4 is 0 Å². The molecule has 0 heterocycles. The van der Waals surface area contributed by atoms with Gasteiger partial charge >= 0.3 is 0 Å². The van der Waals surface area contributed by atoms with Crippen molar-refractivity contribution < 1.29 is 4.74 Å². The molecule has 0 saturated carbocycles. The van der Waals surface area contributed by atoms with Crippen LogP contribution in [0, 0.1) is 0 Å². The highest BCUT2D eigenvalue weighted by molar-refractivity contribution is 5.40. The lowest BCUT2D eigenvalue weighted by Gasteiger charge is -2.22. The molecule has 0 amide bonds. The Morgan fingerprint density at radius 2 is 1.86 bits per heavy atom. The van der Waals surface area contributed by atoms with Crippen molar-refractivity contribution in [1.29, 1.82) is 0 Å². The normalized spacial score (nSPS) is 22.9. The lowest BCUT2D eigenvalue weighted by atomic mass is 10.1. The van der Waals surface area contributed by atoms with Crippen molar-refractivity contribution in [1.82, 2.24) is 5.32 Å². The summed E-state index contributed by atoms with van der Waals surface area (Å²) in [5, 5.41) is 3.42. The van der Waals surface area contributed by atoms with Gasteiger partial charge in [-0.3, -0.25) is 0 Å². The number of hydrogen-bond acceptors (Lipinski definition) is 2. The molecule has 2 atom stereocenters. The first-order valence-electron chi connectivity index (χ1n) is 7.88. The Balaban J connectivity index is 1.58. The van der Waals surface area contributed by atoms with E-state index in [1.54, 1.807) is 0 Å². The van der Waals surface area contributed by atoms with Crippen LogP contribution in [-0.4, -0.2) is 13.2 Å². The first-order valence-corrected chi connectivity index (χ1v) is 7.88. The third kappa shape index (κ3) is 2.24. The van der Waals surface area contributed by atoms with Gasteiger partial charge in [0.25, 0.3) is 0 Å². The molecular formula is C19H21NO. The van der Waals surface area contributed by atoms with Crippen LogP contribution in [0.4, 0.5) is 0 Å². The van der Waals surface area contributed by atoms with Crippen LogP contribution in [-0.2, 0) is 19.3 Å². The molecule has 21 heavy (non-hydrogen) atoms. The van der Waals surface area contributed by atoms with Crippen LogP contribution in [0.25, 0.3) is 0 Å². The van der Waals surface area contributed by atoms with E-state index in [9.17, 15) is 0 Å². The van der Waals surface area contributed by atoms with Crippen LogP contribution in [0.5, 0.6) is 5.75 Å². The van der Waals surface area contributed by atoms with E-state index in [-0.39, 0.29) is 12.1 Å². The predicted molar refractivity (Wildman–Crippen MR) is 84.8 cm³/mol. The third-order valence-electron chi connectivity index (χ3n) is 4.85. The number of benzene rings is 2. The molecule has 0 saturated heterocycles. The molecule has 0 spiro atoms. The standard InChI is InChI=1S/C19H21NO/c1-20-19-17-8-3-2-5-15(17)12-18(19)21-16-10-9-13-6-4-7-14(13)11-16/h2-3,5,8-11,18-20H,4,6-7,12H2,1H3. The fraction of sp³-hybridized carbons (Fsp3) is 0.368.